The molecular formula is C23H20BrP. The Hall–Kier alpha value is -1.95. The van der Waals surface area contributed by atoms with Crippen molar-refractivity contribution in [2.45, 2.75) is 6.16 Å². The molecule has 25 heavy (non-hydrogen) atoms. The van der Waals surface area contributed by atoms with Crippen LogP contribution in [0, 0.1) is 0 Å². The molecule has 0 saturated heterocycles. The zero-order chi connectivity index (χ0) is 16.4. The lowest BCUT2D eigenvalue weighted by molar-refractivity contribution is 1.42. The van der Waals surface area contributed by atoms with Gasteiger partial charge in [-0.2, -0.15) is 0 Å². The third-order valence-corrected chi connectivity index (χ3v) is 4.94. The molecule has 5 rings (SSSR count). The highest BCUT2D eigenvalue weighted by molar-refractivity contribution is 8.93. The molecule has 0 saturated carbocycles. The van der Waals surface area contributed by atoms with E-state index in [1.54, 1.807) is 0 Å². The average molecular weight is 407 g/mol. The summed E-state index contributed by atoms with van der Waals surface area (Å²) < 4.78 is 0. The molecule has 0 radical (unpaired) electrons. The largest absolute Gasteiger partial charge is 0.133 e. The third-order valence-electron chi connectivity index (χ3n) is 4.47. The van der Waals surface area contributed by atoms with Gasteiger partial charge < -0.3 is 0 Å². The van der Waals surface area contributed by atoms with E-state index in [1.165, 1.54) is 37.9 Å². The van der Waals surface area contributed by atoms with E-state index in [0.29, 0.717) is 0 Å². The van der Waals surface area contributed by atoms with Crippen molar-refractivity contribution in [2.24, 2.45) is 0 Å². The maximum atomic E-state index is 2.69. The Balaban J connectivity index is 0.000000174. The molecule has 0 N–H and O–H groups in total. The lowest BCUT2D eigenvalue weighted by Crippen LogP contribution is -1.82. The van der Waals surface area contributed by atoms with Crippen LogP contribution in [0.1, 0.15) is 5.56 Å². The molecule has 0 amide bonds. The Kier molecular flexibility index (Phi) is 5.68. The summed E-state index contributed by atoms with van der Waals surface area (Å²) in [6, 6.07) is 32.2. The molecule has 0 spiro atoms. The van der Waals surface area contributed by atoms with Gasteiger partial charge in [0.2, 0.25) is 0 Å². The van der Waals surface area contributed by atoms with E-state index in [1.807, 2.05) is 6.07 Å². The fraction of sp³-hybridized carbons (Fsp3) is 0.0435. The van der Waals surface area contributed by atoms with E-state index in [0.717, 1.165) is 6.16 Å². The molecule has 1 atom stereocenters. The molecule has 5 aromatic rings. The monoisotopic (exact) mass is 406 g/mol. The van der Waals surface area contributed by atoms with Gasteiger partial charge in [-0.1, -0.05) is 91.0 Å². The second-order valence-electron chi connectivity index (χ2n) is 5.98. The zero-order valence-electron chi connectivity index (χ0n) is 13.9. The van der Waals surface area contributed by atoms with Crippen LogP contribution in [-0.2, 0) is 6.16 Å². The van der Waals surface area contributed by atoms with Crippen LogP contribution >= 0.6 is 26.2 Å². The van der Waals surface area contributed by atoms with E-state index in [-0.39, 0.29) is 17.0 Å². The second kappa shape index (κ2) is 7.95. The van der Waals surface area contributed by atoms with Crippen LogP contribution in [0.5, 0.6) is 0 Å². The second-order valence-corrected chi connectivity index (χ2v) is 6.39. The van der Waals surface area contributed by atoms with Gasteiger partial charge in [-0.25, -0.2) is 0 Å². The van der Waals surface area contributed by atoms with E-state index in [2.05, 4.69) is 94.2 Å². The molecule has 0 bridgehead atoms. The highest BCUT2D eigenvalue weighted by Crippen LogP contribution is 2.33. The van der Waals surface area contributed by atoms with Crippen molar-refractivity contribution in [3.63, 3.8) is 0 Å². The molecule has 1 unspecified atom stereocenters. The minimum atomic E-state index is 0. The van der Waals surface area contributed by atoms with Gasteiger partial charge in [0.05, 0.1) is 0 Å². The van der Waals surface area contributed by atoms with Crippen molar-refractivity contribution < 1.29 is 0 Å². The van der Waals surface area contributed by atoms with Gasteiger partial charge in [0, 0.05) is 0 Å². The van der Waals surface area contributed by atoms with Crippen molar-refractivity contribution in [3.8, 4) is 0 Å². The third kappa shape index (κ3) is 3.54. The van der Waals surface area contributed by atoms with Crippen molar-refractivity contribution in [1.82, 2.24) is 0 Å². The first-order valence-corrected chi connectivity index (χ1v) is 9.05. The number of halogens is 1. The lowest BCUT2D eigenvalue weighted by Gasteiger charge is -2.09. The molecule has 2 heteroatoms. The molecule has 0 fully saturated rings. The number of benzene rings is 5. The molecule has 0 nitrogen and oxygen atoms in total. The first-order valence-electron chi connectivity index (χ1n) is 8.23. The lowest BCUT2D eigenvalue weighted by atomic mass is 9.95. The topological polar surface area (TPSA) is 0 Å². The van der Waals surface area contributed by atoms with Crippen LogP contribution in [0.15, 0.2) is 91.0 Å². The predicted octanol–water partition coefficient (Wildman–Crippen LogP) is 7.22. The fourth-order valence-corrected chi connectivity index (χ4v) is 3.56. The van der Waals surface area contributed by atoms with E-state index >= 15 is 0 Å². The Labute approximate surface area is 161 Å². The van der Waals surface area contributed by atoms with Gasteiger partial charge in [-0.15, -0.1) is 26.2 Å². The molecule has 0 aliphatic carbocycles. The van der Waals surface area contributed by atoms with Gasteiger partial charge in [0.1, 0.15) is 0 Å². The van der Waals surface area contributed by atoms with Crippen LogP contribution in [-0.4, -0.2) is 0 Å². The SMILES string of the molecule is Br.PCc1ccccc1.c1cc2ccc3cccc4ccc(c1)c2c34. The zero-order valence-corrected chi connectivity index (χ0v) is 16.7. The van der Waals surface area contributed by atoms with Crippen LogP contribution in [0.2, 0.25) is 0 Å². The molecule has 0 heterocycles. The van der Waals surface area contributed by atoms with Gasteiger partial charge >= 0.3 is 0 Å². The van der Waals surface area contributed by atoms with Crippen molar-refractivity contribution in [2.75, 3.05) is 0 Å². The smallest absolute Gasteiger partial charge is 0.00268 e. The Bertz CT molecular complexity index is 957. The summed E-state index contributed by atoms with van der Waals surface area (Å²) in [5.41, 5.74) is 1.37. The minimum absolute atomic E-state index is 0. The highest BCUT2D eigenvalue weighted by atomic mass is 79.9. The van der Waals surface area contributed by atoms with Crippen LogP contribution in [0.3, 0.4) is 0 Å². The molecular weight excluding hydrogens is 387 g/mol. The standard InChI is InChI=1S/C16H10.C7H9P.BrH/c1-3-11-7-9-13-5-2-6-14-10-8-12(4-1)15(11)16(13)14;8-6-7-4-2-1-3-5-7;/h1-10H;1-5H,6,8H2;1H. The van der Waals surface area contributed by atoms with Gasteiger partial charge in [-0.05, 0) is 44.0 Å². The molecule has 0 aromatic heterocycles. The maximum Gasteiger partial charge on any atom is -0.00268 e. The van der Waals surface area contributed by atoms with Gasteiger partial charge in [0.15, 0.2) is 0 Å². The molecule has 0 aliphatic rings. The quantitative estimate of drug-likeness (QED) is 0.203. The Morgan fingerprint density at radius 1 is 0.480 bits per heavy atom. The van der Waals surface area contributed by atoms with Gasteiger partial charge in [-0.3, -0.25) is 0 Å². The molecule has 124 valence electrons. The minimum Gasteiger partial charge on any atom is -0.133 e. The Morgan fingerprint density at radius 3 is 1.20 bits per heavy atom. The number of rotatable bonds is 1. The number of hydrogen-bond acceptors (Lipinski definition) is 0. The first-order chi connectivity index (χ1) is 11.9. The summed E-state index contributed by atoms with van der Waals surface area (Å²) in [5, 5.41) is 8.14. The van der Waals surface area contributed by atoms with Crippen LogP contribution in [0.25, 0.3) is 32.3 Å². The summed E-state index contributed by atoms with van der Waals surface area (Å²) in [4.78, 5) is 0. The van der Waals surface area contributed by atoms with E-state index in [9.17, 15) is 0 Å². The predicted molar refractivity (Wildman–Crippen MR) is 120 cm³/mol. The van der Waals surface area contributed by atoms with Crippen LogP contribution in [0.4, 0.5) is 0 Å². The number of hydrogen-bond donors (Lipinski definition) is 0. The molecule has 5 aromatic carbocycles. The summed E-state index contributed by atoms with van der Waals surface area (Å²) in [6.07, 6.45) is 1.06. The summed E-state index contributed by atoms with van der Waals surface area (Å²) >= 11 is 0. The van der Waals surface area contributed by atoms with Crippen molar-refractivity contribution in [1.29, 1.82) is 0 Å². The van der Waals surface area contributed by atoms with Crippen molar-refractivity contribution >= 4 is 58.5 Å². The Morgan fingerprint density at radius 2 is 0.880 bits per heavy atom. The average Bonchev–Trinajstić information content (AvgIpc) is 2.67. The summed E-state index contributed by atoms with van der Waals surface area (Å²) in [6.45, 7) is 0. The highest BCUT2D eigenvalue weighted by Gasteiger charge is 2.05. The first kappa shape index (κ1) is 17.9. The van der Waals surface area contributed by atoms with E-state index in [4.69, 9.17) is 0 Å². The summed E-state index contributed by atoms with van der Waals surface area (Å²) in [5.74, 6) is 0. The van der Waals surface area contributed by atoms with E-state index < -0.39 is 0 Å². The van der Waals surface area contributed by atoms with Crippen LogP contribution < -0.4 is 0 Å². The summed E-state index contributed by atoms with van der Waals surface area (Å²) in [7, 11) is 2.69. The molecule has 0 aliphatic heterocycles. The normalized spacial score (nSPS) is 10.4. The van der Waals surface area contributed by atoms with Crippen molar-refractivity contribution in [3.05, 3.63) is 96.6 Å². The fourth-order valence-electron chi connectivity index (χ4n) is 3.28. The van der Waals surface area contributed by atoms with Gasteiger partial charge in [0.25, 0.3) is 0 Å². The maximum absolute atomic E-state index is 2.69.